The minimum Gasteiger partial charge on any atom is -0.315 e. The van der Waals surface area contributed by atoms with Crippen molar-refractivity contribution >= 4 is 0 Å². The molecule has 1 aromatic rings. The average molecular weight is 221 g/mol. The Balaban J connectivity index is 2.32. The molecule has 1 N–H and O–H groups in total. The first kappa shape index (κ1) is 11.6. The van der Waals surface area contributed by atoms with Gasteiger partial charge >= 0.3 is 0 Å². The molecule has 90 valence electrons. The summed E-state index contributed by atoms with van der Waals surface area (Å²) in [6.45, 7) is 11.1. The molecule has 3 nitrogen and oxygen atoms in total. The third kappa shape index (κ3) is 1.88. The van der Waals surface area contributed by atoms with E-state index in [2.05, 4.69) is 37.7 Å². The van der Waals surface area contributed by atoms with Crippen LogP contribution in [-0.4, -0.2) is 22.9 Å². The first-order valence-electron chi connectivity index (χ1n) is 6.40. The molecular weight excluding hydrogens is 198 g/mol. The van der Waals surface area contributed by atoms with E-state index in [1.54, 1.807) is 0 Å². The summed E-state index contributed by atoms with van der Waals surface area (Å²) in [6.07, 6.45) is 2.34. The van der Waals surface area contributed by atoms with Crippen LogP contribution in [0.25, 0.3) is 0 Å². The first-order chi connectivity index (χ1) is 7.65. The van der Waals surface area contributed by atoms with Crippen LogP contribution >= 0.6 is 0 Å². The maximum absolute atomic E-state index is 4.73. The summed E-state index contributed by atoms with van der Waals surface area (Å²) in [6, 6.07) is 0.535. The fourth-order valence-electron chi connectivity index (χ4n) is 2.83. The lowest BCUT2D eigenvalue weighted by molar-refractivity contribution is 0.252. The molecule has 0 aromatic carbocycles. The third-order valence-corrected chi connectivity index (χ3v) is 3.93. The highest BCUT2D eigenvalue weighted by Gasteiger charge is 2.25. The summed E-state index contributed by atoms with van der Waals surface area (Å²) >= 11 is 0. The molecule has 2 heterocycles. The second kappa shape index (κ2) is 4.58. The van der Waals surface area contributed by atoms with Crippen molar-refractivity contribution in [1.82, 2.24) is 15.1 Å². The van der Waals surface area contributed by atoms with Gasteiger partial charge in [-0.3, -0.25) is 4.68 Å². The molecule has 3 heteroatoms. The topological polar surface area (TPSA) is 29.9 Å². The van der Waals surface area contributed by atoms with Crippen LogP contribution in [0.4, 0.5) is 0 Å². The minimum absolute atomic E-state index is 0.535. The zero-order chi connectivity index (χ0) is 11.7. The summed E-state index contributed by atoms with van der Waals surface area (Å²) in [5.74, 6) is 0.726. The lowest BCUT2D eigenvalue weighted by Crippen LogP contribution is -2.37. The molecule has 0 amide bonds. The van der Waals surface area contributed by atoms with E-state index in [-0.39, 0.29) is 0 Å². The number of hydrogen-bond acceptors (Lipinski definition) is 2. The van der Waals surface area contributed by atoms with Crippen LogP contribution in [0, 0.1) is 19.8 Å². The summed E-state index contributed by atoms with van der Waals surface area (Å²) in [7, 11) is 0. The van der Waals surface area contributed by atoms with Crippen molar-refractivity contribution in [3.05, 3.63) is 17.0 Å². The van der Waals surface area contributed by atoms with Gasteiger partial charge in [0, 0.05) is 12.2 Å². The summed E-state index contributed by atoms with van der Waals surface area (Å²) in [5.41, 5.74) is 4.00. The Morgan fingerprint density at radius 3 is 2.75 bits per heavy atom. The minimum atomic E-state index is 0.535. The van der Waals surface area contributed by atoms with Gasteiger partial charge in [-0.05, 0) is 44.7 Å². The van der Waals surface area contributed by atoms with Crippen molar-refractivity contribution < 1.29 is 0 Å². The smallest absolute Gasteiger partial charge is 0.0672 e. The number of aromatic nitrogens is 2. The van der Waals surface area contributed by atoms with E-state index in [1.807, 2.05) is 0 Å². The molecule has 1 fully saturated rings. The van der Waals surface area contributed by atoms with Gasteiger partial charge in [-0.2, -0.15) is 5.10 Å². The van der Waals surface area contributed by atoms with Crippen molar-refractivity contribution in [3.8, 4) is 0 Å². The number of nitrogens with zero attached hydrogens (tertiary/aromatic N) is 2. The molecular formula is C13H23N3. The van der Waals surface area contributed by atoms with Gasteiger partial charge in [0.1, 0.15) is 0 Å². The van der Waals surface area contributed by atoms with Crippen LogP contribution in [0.1, 0.15) is 43.3 Å². The van der Waals surface area contributed by atoms with Crippen molar-refractivity contribution in [2.45, 2.75) is 46.6 Å². The van der Waals surface area contributed by atoms with Gasteiger partial charge in [0.15, 0.2) is 0 Å². The van der Waals surface area contributed by atoms with Crippen molar-refractivity contribution in [3.63, 3.8) is 0 Å². The highest BCUT2D eigenvalue weighted by molar-refractivity contribution is 5.24. The SMILES string of the molecule is CCc1c(C)nn(C2CNCCC2C)c1C. The summed E-state index contributed by atoms with van der Waals surface area (Å²) in [4.78, 5) is 0. The van der Waals surface area contributed by atoms with Crippen LogP contribution in [0.5, 0.6) is 0 Å². The van der Waals surface area contributed by atoms with Gasteiger partial charge in [-0.15, -0.1) is 0 Å². The molecule has 1 aliphatic rings. The van der Waals surface area contributed by atoms with Crippen LogP contribution in [-0.2, 0) is 6.42 Å². The Hall–Kier alpha value is -0.830. The molecule has 2 rings (SSSR count). The molecule has 2 atom stereocenters. The van der Waals surface area contributed by atoms with E-state index in [1.165, 1.54) is 23.4 Å². The molecule has 0 radical (unpaired) electrons. The van der Waals surface area contributed by atoms with E-state index in [0.717, 1.165) is 25.4 Å². The molecule has 0 spiro atoms. The lowest BCUT2D eigenvalue weighted by atomic mass is 9.94. The Bertz CT molecular complexity index is 367. The van der Waals surface area contributed by atoms with E-state index >= 15 is 0 Å². The zero-order valence-corrected chi connectivity index (χ0v) is 10.9. The van der Waals surface area contributed by atoms with Gasteiger partial charge in [-0.25, -0.2) is 0 Å². The predicted octanol–water partition coefficient (Wildman–Crippen LogP) is 2.23. The van der Waals surface area contributed by atoms with Gasteiger partial charge in [0.25, 0.3) is 0 Å². The monoisotopic (exact) mass is 221 g/mol. The Morgan fingerprint density at radius 2 is 2.19 bits per heavy atom. The summed E-state index contributed by atoms with van der Waals surface area (Å²) < 4.78 is 2.25. The average Bonchev–Trinajstić information content (AvgIpc) is 2.55. The summed E-state index contributed by atoms with van der Waals surface area (Å²) in [5, 5.41) is 8.21. The molecule has 2 unspecified atom stereocenters. The number of piperidine rings is 1. The molecule has 1 aliphatic heterocycles. The van der Waals surface area contributed by atoms with Crippen LogP contribution < -0.4 is 5.32 Å². The number of rotatable bonds is 2. The molecule has 0 aliphatic carbocycles. The van der Waals surface area contributed by atoms with E-state index in [4.69, 9.17) is 5.10 Å². The fraction of sp³-hybridized carbons (Fsp3) is 0.769. The largest absolute Gasteiger partial charge is 0.315 e. The maximum atomic E-state index is 4.73. The highest BCUT2D eigenvalue weighted by atomic mass is 15.3. The van der Waals surface area contributed by atoms with Crippen LogP contribution in [0.3, 0.4) is 0 Å². The third-order valence-electron chi connectivity index (χ3n) is 3.93. The molecule has 1 saturated heterocycles. The Labute approximate surface area is 98.2 Å². The second-order valence-electron chi connectivity index (χ2n) is 4.98. The van der Waals surface area contributed by atoms with Gasteiger partial charge in [0.05, 0.1) is 11.7 Å². The molecule has 1 aromatic heterocycles. The van der Waals surface area contributed by atoms with Crippen molar-refractivity contribution in [2.24, 2.45) is 5.92 Å². The lowest BCUT2D eigenvalue weighted by Gasteiger charge is -2.30. The van der Waals surface area contributed by atoms with Gasteiger partial charge < -0.3 is 5.32 Å². The fourth-order valence-corrected chi connectivity index (χ4v) is 2.83. The molecule has 16 heavy (non-hydrogen) atoms. The Morgan fingerprint density at radius 1 is 1.44 bits per heavy atom. The quantitative estimate of drug-likeness (QED) is 0.830. The first-order valence-corrected chi connectivity index (χ1v) is 6.40. The van der Waals surface area contributed by atoms with Gasteiger partial charge in [0.2, 0.25) is 0 Å². The van der Waals surface area contributed by atoms with E-state index in [0.29, 0.717) is 6.04 Å². The van der Waals surface area contributed by atoms with Crippen molar-refractivity contribution in [2.75, 3.05) is 13.1 Å². The second-order valence-corrected chi connectivity index (χ2v) is 4.98. The number of nitrogens with one attached hydrogen (secondary N) is 1. The van der Waals surface area contributed by atoms with E-state index < -0.39 is 0 Å². The van der Waals surface area contributed by atoms with Gasteiger partial charge in [-0.1, -0.05) is 13.8 Å². The highest BCUT2D eigenvalue weighted by Crippen LogP contribution is 2.26. The van der Waals surface area contributed by atoms with Crippen LogP contribution in [0.2, 0.25) is 0 Å². The van der Waals surface area contributed by atoms with Crippen molar-refractivity contribution in [1.29, 1.82) is 0 Å². The predicted molar refractivity (Wildman–Crippen MR) is 66.8 cm³/mol. The van der Waals surface area contributed by atoms with Crippen LogP contribution in [0.15, 0.2) is 0 Å². The normalized spacial score (nSPS) is 26.0. The van der Waals surface area contributed by atoms with E-state index in [9.17, 15) is 0 Å². The standard InChI is InChI=1S/C13H23N3/c1-5-12-10(3)15-16(11(12)4)13-8-14-7-6-9(13)2/h9,13-14H,5-8H2,1-4H3. The molecule has 0 bridgehead atoms. The zero-order valence-electron chi connectivity index (χ0n) is 10.9. The number of hydrogen-bond donors (Lipinski definition) is 1. The number of aryl methyl sites for hydroxylation is 1. The molecule has 0 saturated carbocycles. The Kier molecular flexibility index (Phi) is 3.33. The maximum Gasteiger partial charge on any atom is 0.0672 e.